The lowest BCUT2D eigenvalue weighted by Gasteiger charge is -2.15. The van der Waals surface area contributed by atoms with E-state index in [1.54, 1.807) is 12.1 Å². The molecule has 5 heteroatoms. The lowest BCUT2D eigenvalue weighted by atomic mass is 9.92. The fourth-order valence-corrected chi connectivity index (χ4v) is 3.20. The van der Waals surface area contributed by atoms with Gasteiger partial charge in [0.05, 0.1) is 11.0 Å². The molecule has 0 unspecified atom stereocenters. The summed E-state index contributed by atoms with van der Waals surface area (Å²) in [6.07, 6.45) is 1.32. The van der Waals surface area contributed by atoms with Gasteiger partial charge in [-0.25, -0.2) is 4.98 Å². The highest BCUT2D eigenvalue weighted by molar-refractivity contribution is 6.30. The van der Waals surface area contributed by atoms with Gasteiger partial charge in [0, 0.05) is 29.8 Å². The number of nitrogens with one attached hydrogen (secondary N) is 1. The van der Waals surface area contributed by atoms with Crippen LogP contribution < -0.4 is 0 Å². The zero-order valence-electron chi connectivity index (χ0n) is 15.3. The van der Waals surface area contributed by atoms with Crippen LogP contribution in [0.1, 0.15) is 37.7 Å². The minimum Gasteiger partial charge on any atom is -0.508 e. The van der Waals surface area contributed by atoms with E-state index < -0.39 is 0 Å². The van der Waals surface area contributed by atoms with E-state index in [1.165, 1.54) is 6.07 Å². The van der Waals surface area contributed by atoms with Crippen molar-refractivity contribution in [1.82, 2.24) is 9.97 Å². The number of imidazole rings is 1. The second kappa shape index (κ2) is 7.12. The van der Waals surface area contributed by atoms with E-state index in [4.69, 9.17) is 11.6 Å². The van der Waals surface area contributed by atoms with Crippen molar-refractivity contribution in [3.05, 3.63) is 58.4 Å². The SMILES string of the molecule is CC(C)(C)Cc1nc2ccc(CC(=O)Cc3cc(Cl)ccc3O)cc2[nH]1. The molecule has 0 bridgehead atoms. The van der Waals surface area contributed by atoms with Crippen LogP contribution in [-0.2, 0) is 24.1 Å². The van der Waals surface area contributed by atoms with E-state index in [9.17, 15) is 9.90 Å². The molecule has 0 fully saturated rings. The van der Waals surface area contributed by atoms with Gasteiger partial charge in [0.1, 0.15) is 17.4 Å². The van der Waals surface area contributed by atoms with Crippen molar-refractivity contribution in [2.45, 2.75) is 40.0 Å². The minimum absolute atomic E-state index is 0.0244. The molecule has 1 heterocycles. The Morgan fingerprint density at radius 2 is 1.92 bits per heavy atom. The Morgan fingerprint density at radius 1 is 1.15 bits per heavy atom. The second-order valence-corrected chi connectivity index (χ2v) is 8.37. The Hall–Kier alpha value is -2.33. The number of rotatable bonds is 5. The van der Waals surface area contributed by atoms with Crippen LogP contribution >= 0.6 is 11.6 Å². The maximum Gasteiger partial charge on any atom is 0.141 e. The highest BCUT2D eigenvalue weighted by atomic mass is 35.5. The summed E-state index contributed by atoms with van der Waals surface area (Å²) in [5.74, 6) is 1.08. The van der Waals surface area contributed by atoms with Crippen molar-refractivity contribution >= 4 is 28.4 Å². The number of aromatic hydroxyl groups is 1. The first-order valence-corrected chi connectivity index (χ1v) is 9.04. The van der Waals surface area contributed by atoms with Gasteiger partial charge >= 0.3 is 0 Å². The predicted molar refractivity (Wildman–Crippen MR) is 105 cm³/mol. The third-order valence-corrected chi connectivity index (χ3v) is 4.36. The number of aromatic nitrogens is 2. The number of hydrogen-bond acceptors (Lipinski definition) is 3. The summed E-state index contributed by atoms with van der Waals surface area (Å²) in [6.45, 7) is 6.53. The Labute approximate surface area is 158 Å². The van der Waals surface area contributed by atoms with Gasteiger partial charge in [-0.1, -0.05) is 38.4 Å². The van der Waals surface area contributed by atoms with Crippen LogP contribution in [0.25, 0.3) is 11.0 Å². The van der Waals surface area contributed by atoms with Crippen molar-refractivity contribution in [2.24, 2.45) is 5.41 Å². The van der Waals surface area contributed by atoms with Crippen LogP contribution in [0.4, 0.5) is 0 Å². The highest BCUT2D eigenvalue weighted by Crippen LogP contribution is 2.24. The molecule has 0 saturated heterocycles. The molecule has 0 radical (unpaired) electrons. The van der Waals surface area contributed by atoms with Crippen molar-refractivity contribution in [1.29, 1.82) is 0 Å². The van der Waals surface area contributed by atoms with Gasteiger partial charge in [0.25, 0.3) is 0 Å². The number of carbonyl (C=O) groups is 1. The van der Waals surface area contributed by atoms with Crippen molar-refractivity contribution < 1.29 is 9.90 Å². The Balaban J connectivity index is 1.74. The lowest BCUT2D eigenvalue weighted by Crippen LogP contribution is -2.10. The Kier molecular flexibility index (Phi) is 5.05. The first-order chi connectivity index (χ1) is 12.2. The van der Waals surface area contributed by atoms with Crippen LogP contribution in [-0.4, -0.2) is 20.9 Å². The van der Waals surface area contributed by atoms with E-state index in [0.717, 1.165) is 28.8 Å². The van der Waals surface area contributed by atoms with Gasteiger partial charge < -0.3 is 10.1 Å². The summed E-state index contributed by atoms with van der Waals surface area (Å²) >= 11 is 5.94. The summed E-state index contributed by atoms with van der Waals surface area (Å²) < 4.78 is 0. The predicted octanol–water partition coefficient (Wildman–Crippen LogP) is 4.86. The maximum atomic E-state index is 12.4. The molecule has 0 saturated carbocycles. The fourth-order valence-electron chi connectivity index (χ4n) is 3.00. The summed E-state index contributed by atoms with van der Waals surface area (Å²) in [6, 6.07) is 10.6. The van der Waals surface area contributed by atoms with Crippen LogP contribution in [0.15, 0.2) is 36.4 Å². The second-order valence-electron chi connectivity index (χ2n) is 7.94. The summed E-state index contributed by atoms with van der Waals surface area (Å²) in [5.41, 5.74) is 3.49. The summed E-state index contributed by atoms with van der Waals surface area (Å²) in [7, 11) is 0. The minimum atomic E-state index is 0.0244. The number of fused-ring (bicyclic) bond motifs is 1. The van der Waals surface area contributed by atoms with Gasteiger partial charge in [-0.15, -0.1) is 0 Å². The van der Waals surface area contributed by atoms with E-state index >= 15 is 0 Å². The van der Waals surface area contributed by atoms with Gasteiger partial charge in [0.15, 0.2) is 0 Å². The quantitative estimate of drug-likeness (QED) is 0.673. The van der Waals surface area contributed by atoms with Crippen LogP contribution in [0, 0.1) is 5.41 Å². The third-order valence-electron chi connectivity index (χ3n) is 4.12. The number of phenolic OH excluding ortho intramolecular Hbond substituents is 1. The zero-order valence-corrected chi connectivity index (χ0v) is 16.0. The van der Waals surface area contributed by atoms with Crippen molar-refractivity contribution in [3.63, 3.8) is 0 Å². The Morgan fingerprint density at radius 3 is 2.65 bits per heavy atom. The molecule has 3 aromatic rings. The molecule has 4 nitrogen and oxygen atoms in total. The smallest absolute Gasteiger partial charge is 0.141 e. The largest absolute Gasteiger partial charge is 0.508 e. The number of hydrogen-bond donors (Lipinski definition) is 2. The van der Waals surface area contributed by atoms with Crippen LogP contribution in [0.5, 0.6) is 5.75 Å². The van der Waals surface area contributed by atoms with Crippen molar-refractivity contribution in [3.8, 4) is 5.75 Å². The van der Waals surface area contributed by atoms with Gasteiger partial charge in [0.2, 0.25) is 0 Å². The zero-order chi connectivity index (χ0) is 18.9. The summed E-state index contributed by atoms with van der Waals surface area (Å²) in [4.78, 5) is 20.4. The number of ketones is 1. The molecule has 0 aliphatic heterocycles. The van der Waals surface area contributed by atoms with Gasteiger partial charge in [-0.3, -0.25) is 4.79 Å². The third kappa shape index (κ3) is 4.64. The molecule has 26 heavy (non-hydrogen) atoms. The molecule has 0 aliphatic carbocycles. The average molecular weight is 371 g/mol. The van der Waals surface area contributed by atoms with Crippen molar-refractivity contribution in [2.75, 3.05) is 0 Å². The topological polar surface area (TPSA) is 66.0 Å². The number of benzene rings is 2. The summed E-state index contributed by atoms with van der Waals surface area (Å²) in [5, 5.41) is 10.4. The average Bonchev–Trinajstić information content (AvgIpc) is 2.90. The molecular weight excluding hydrogens is 348 g/mol. The lowest BCUT2D eigenvalue weighted by molar-refractivity contribution is -0.117. The molecule has 0 spiro atoms. The molecule has 2 N–H and O–H groups in total. The number of aromatic amines is 1. The Bertz CT molecular complexity index is 954. The fraction of sp³-hybridized carbons (Fsp3) is 0.333. The molecule has 2 aromatic carbocycles. The number of H-pyrrole nitrogens is 1. The van der Waals surface area contributed by atoms with Crippen LogP contribution in [0.2, 0.25) is 5.02 Å². The number of Topliss-reactive ketones (excluding diaryl/α,β-unsaturated/α-hetero) is 1. The number of carbonyl (C=O) groups excluding carboxylic acids is 1. The molecule has 1 aromatic heterocycles. The van der Waals surface area contributed by atoms with E-state index in [2.05, 4.69) is 30.7 Å². The first-order valence-electron chi connectivity index (χ1n) is 8.66. The van der Waals surface area contributed by atoms with Gasteiger partial charge in [-0.2, -0.15) is 0 Å². The van der Waals surface area contributed by atoms with Crippen LogP contribution in [0.3, 0.4) is 0 Å². The standard InChI is InChI=1S/C21H23ClN2O2/c1-21(2,3)12-20-23-17-6-4-13(9-18(17)24-20)8-16(25)11-14-10-15(22)5-7-19(14)26/h4-7,9-10,26H,8,11-12H2,1-3H3,(H,23,24). The monoisotopic (exact) mass is 370 g/mol. The van der Waals surface area contributed by atoms with E-state index in [1.807, 2.05) is 18.2 Å². The molecule has 136 valence electrons. The number of halogens is 1. The molecular formula is C21H23ClN2O2. The maximum absolute atomic E-state index is 12.4. The highest BCUT2D eigenvalue weighted by Gasteiger charge is 2.15. The first kappa shape index (κ1) is 18.5. The van der Waals surface area contributed by atoms with E-state index in [-0.39, 0.29) is 23.4 Å². The molecule has 0 aliphatic rings. The van der Waals surface area contributed by atoms with Gasteiger partial charge in [-0.05, 0) is 41.3 Å². The van der Waals surface area contributed by atoms with E-state index in [0.29, 0.717) is 17.0 Å². The number of phenols is 1. The normalized spacial score (nSPS) is 11.8. The molecule has 3 rings (SSSR count). The molecule has 0 amide bonds. The number of nitrogens with zero attached hydrogens (tertiary/aromatic N) is 1. The molecule has 0 atom stereocenters.